The van der Waals surface area contributed by atoms with Crippen LogP contribution >= 0.6 is 11.6 Å². The molecule has 0 fully saturated rings. The third kappa shape index (κ3) is 6.38. The Balaban J connectivity index is 0.00000126. The van der Waals surface area contributed by atoms with Gasteiger partial charge in [-0.3, -0.25) is 4.99 Å². The SMILES string of the molecule is CC.C[N+]1(C)CC(C=Nc2ccccc2)=C(Cl)/C(=C/Nc2ccccc2)C1. The van der Waals surface area contributed by atoms with E-state index in [1.165, 1.54) is 0 Å². The van der Waals surface area contributed by atoms with E-state index in [4.69, 9.17) is 11.6 Å². The summed E-state index contributed by atoms with van der Waals surface area (Å²) >= 11 is 6.68. The molecule has 1 N–H and O–H groups in total. The molecule has 0 saturated heterocycles. The van der Waals surface area contributed by atoms with Gasteiger partial charge in [0.2, 0.25) is 0 Å². The molecule has 1 aliphatic rings. The molecule has 27 heavy (non-hydrogen) atoms. The van der Waals surface area contributed by atoms with Crippen molar-refractivity contribution in [2.45, 2.75) is 13.8 Å². The largest absolute Gasteiger partial charge is 0.361 e. The Labute approximate surface area is 168 Å². The molecule has 1 heterocycles. The number of hydrogen-bond acceptors (Lipinski definition) is 2. The third-order valence-corrected chi connectivity index (χ3v) is 4.56. The summed E-state index contributed by atoms with van der Waals surface area (Å²) in [5.41, 5.74) is 4.14. The van der Waals surface area contributed by atoms with E-state index in [0.29, 0.717) is 0 Å². The molecule has 0 spiro atoms. The number of nitrogens with zero attached hydrogens (tertiary/aromatic N) is 2. The molecular formula is C23H29ClN3+. The second-order valence-electron chi connectivity index (χ2n) is 6.86. The molecule has 142 valence electrons. The molecule has 4 heteroatoms. The van der Waals surface area contributed by atoms with E-state index in [1.807, 2.05) is 86.9 Å². The summed E-state index contributed by atoms with van der Waals surface area (Å²) in [5, 5.41) is 4.13. The number of anilines is 1. The highest BCUT2D eigenvalue weighted by molar-refractivity contribution is 6.33. The molecule has 0 unspecified atom stereocenters. The molecule has 0 aromatic heterocycles. The first kappa shape index (κ1) is 20.9. The highest BCUT2D eigenvalue weighted by Crippen LogP contribution is 2.28. The number of nitrogens with one attached hydrogen (secondary N) is 1. The fourth-order valence-electron chi connectivity index (χ4n) is 2.90. The molecule has 0 radical (unpaired) electrons. The van der Waals surface area contributed by atoms with Crippen molar-refractivity contribution in [3.63, 3.8) is 0 Å². The zero-order valence-electron chi connectivity index (χ0n) is 16.6. The zero-order chi connectivity index (χ0) is 19.7. The van der Waals surface area contributed by atoms with E-state index >= 15 is 0 Å². The van der Waals surface area contributed by atoms with Gasteiger partial charge in [-0.1, -0.05) is 61.8 Å². The maximum atomic E-state index is 6.68. The molecule has 2 aromatic carbocycles. The Hall–Kier alpha value is -2.36. The van der Waals surface area contributed by atoms with Gasteiger partial charge in [0.15, 0.2) is 0 Å². The first-order valence-corrected chi connectivity index (χ1v) is 9.72. The van der Waals surface area contributed by atoms with Crippen molar-refractivity contribution in [1.29, 1.82) is 0 Å². The number of likely N-dealkylation sites (N-methyl/N-ethyl adjacent to an activating group) is 1. The molecule has 3 nitrogen and oxygen atoms in total. The molecule has 0 saturated carbocycles. The van der Waals surface area contributed by atoms with E-state index in [-0.39, 0.29) is 0 Å². The van der Waals surface area contributed by atoms with E-state index in [1.54, 1.807) is 0 Å². The third-order valence-electron chi connectivity index (χ3n) is 4.07. The van der Waals surface area contributed by atoms with Crippen molar-refractivity contribution in [2.24, 2.45) is 4.99 Å². The number of halogens is 1. The summed E-state index contributed by atoms with van der Waals surface area (Å²) in [7, 11) is 4.41. The number of para-hydroxylation sites is 2. The molecule has 0 atom stereocenters. The van der Waals surface area contributed by atoms with Gasteiger partial charge in [-0.05, 0) is 24.3 Å². The van der Waals surface area contributed by atoms with Gasteiger partial charge in [0.1, 0.15) is 13.1 Å². The lowest BCUT2D eigenvalue weighted by Crippen LogP contribution is -2.46. The summed E-state index contributed by atoms with van der Waals surface area (Å²) in [5.74, 6) is 0. The van der Waals surface area contributed by atoms with Crippen molar-refractivity contribution in [3.05, 3.63) is 83.0 Å². The van der Waals surface area contributed by atoms with Crippen LogP contribution in [0.15, 0.2) is 88.0 Å². The van der Waals surface area contributed by atoms with Crippen molar-refractivity contribution < 1.29 is 4.48 Å². The Morgan fingerprint density at radius 1 is 0.926 bits per heavy atom. The van der Waals surface area contributed by atoms with Crippen molar-refractivity contribution >= 4 is 29.2 Å². The predicted molar refractivity (Wildman–Crippen MR) is 119 cm³/mol. The van der Waals surface area contributed by atoms with Crippen molar-refractivity contribution in [3.8, 4) is 0 Å². The van der Waals surface area contributed by atoms with Gasteiger partial charge < -0.3 is 9.80 Å². The van der Waals surface area contributed by atoms with E-state index in [9.17, 15) is 0 Å². The maximum Gasteiger partial charge on any atom is 0.107 e. The molecule has 1 aliphatic heterocycles. The van der Waals surface area contributed by atoms with Crippen LogP contribution in [0.4, 0.5) is 11.4 Å². The smallest absolute Gasteiger partial charge is 0.107 e. The highest BCUT2D eigenvalue weighted by atomic mass is 35.5. The van der Waals surface area contributed by atoms with E-state index in [2.05, 4.69) is 24.4 Å². The van der Waals surface area contributed by atoms with Crippen molar-refractivity contribution in [2.75, 3.05) is 32.5 Å². The monoisotopic (exact) mass is 382 g/mol. The van der Waals surface area contributed by atoms with Crippen LogP contribution in [0.1, 0.15) is 13.8 Å². The summed E-state index contributed by atoms with van der Waals surface area (Å²) in [6.45, 7) is 5.74. The number of hydrogen-bond donors (Lipinski definition) is 1. The predicted octanol–water partition coefficient (Wildman–Crippen LogP) is 5.99. The van der Waals surface area contributed by atoms with Gasteiger partial charge in [-0.15, -0.1) is 0 Å². The summed E-state index contributed by atoms with van der Waals surface area (Å²) in [6.07, 6.45) is 3.90. The molecule has 3 rings (SSSR count). The van der Waals surface area contributed by atoms with E-state index in [0.717, 1.165) is 45.1 Å². The van der Waals surface area contributed by atoms with Crippen LogP contribution < -0.4 is 5.32 Å². The normalized spacial score (nSPS) is 17.6. The fraction of sp³-hybridized carbons (Fsp3) is 0.261. The van der Waals surface area contributed by atoms with Gasteiger partial charge >= 0.3 is 0 Å². The van der Waals surface area contributed by atoms with Gasteiger partial charge in [-0.2, -0.15) is 0 Å². The average Bonchev–Trinajstić information content (AvgIpc) is 2.70. The topological polar surface area (TPSA) is 24.4 Å². The minimum atomic E-state index is 0.792. The minimum absolute atomic E-state index is 0.792. The summed E-state index contributed by atoms with van der Waals surface area (Å²) in [6, 6.07) is 20.0. The van der Waals surface area contributed by atoms with Gasteiger partial charge in [0.25, 0.3) is 0 Å². The van der Waals surface area contributed by atoms with Crippen LogP contribution in [0.2, 0.25) is 0 Å². The zero-order valence-corrected chi connectivity index (χ0v) is 17.4. The second-order valence-corrected chi connectivity index (χ2v) is 7.24. The fourth-order valence-corrected chi connectivity index (χ4v) is 3.12. The minimum Gasteiger partial charge on any atom is -0.361 e. The second kappa shape index (κ2) is 10.1. The lowest BCUT2D eigenvalue weighted by molar-refractivity contribution is -0.881. The Morgan fingerprint density at radius 3 is 2.15 bits per heavy atom. The van der Waals surface area contributed by atoms with Gasteiger partial charge in [0.05, 0.1) is 24.8 Å². The Kier molecular flexibility index (Phi) is 7.83. The number of quaternary nitrogens is 1. The van der Waals surface area contributed by atoms with Gasteiger partial charge in [-0.25, -0.2) is 0 Å². The van der Waals surface area contributed by atoms with Crippen molar-refractivity contribution in [1.82, 2.24) is 0 Å². The maximum absolute atomic E-state index is 6.68. The highest BCUT2D eigenvalue weighted by Gasteiger charge is 2.28. The molecule has 0 bridgehead atoms. The number of benzene rings is 2. The number of rotatable bonds is 4. The van der Waals surface area contributed by atoms with Crippen LogP contribution in [-0.4, -0.2) is 37.9 Å². The van der Waals surface area contributed by atoms with Crippen LogP contribution in [0, 0.1) is 0 Å². The quantitative estimate of drug-likeness (QED) is 0.509. The summed E-state index contributed by atoms with van der Waals surface area (Å²) in [4.78, 5) is 4.57. The van der Waals surface area contributed by atoms with Crippen LogP contribution in [-0.2, 0) is 0 Å². The van der Waals surface area contributed by atoms with E-state index < -0.39 is 0 Å². The first-order chi connectivity index (χ1) is 13.0. The lowest BCUT2D eigenvalue weighted by Gasteiger charge is -2.35. The molecular weight excluding hydrogens is 354 g/mol. The molecule has 0 amide bonds. The summed E-state index contributed by atoms with van der Waals surface area (Å²) < 4.78 is 0.842. The molecule has 2 aromatic rings. The van der Waals surface area contributed by atoms with Crippen LogP contribution in [0.25, 0.3) is 0 Å². The van der Waals surface area contributed by atoms with Gasteiger partial charge in [0, 0.05) is 29.2 Å². The average molecular weight is 383 g/mol. The van der Waals surface area contributed by atoms with Crippen LogP contribution in [0.3, 0.4) is 0 Å². The lowest BCUT2D eigenvalue weighted by atomic mass is 10.0. The number of aliphatic imine (C=N–C) groups is 1. The van der Waals surface area contributed by atoms with Crippen LogP contribution in [0.5, 0.6) is 0 Å². The molecule has 0 aliphatic carbocycles. The Morgan fingerprint density at radius 2 is 1.52 bits per heavy atom. The first-order valence-electron chi connectivity index (χ1n) is 9.34. The standard InChI is InChI=1S/C21H23ClN3.C2H6/c1-25(2)15-17(13-23-19-9-5-3-6-10-19)21(22)18(16-25)14-24-20-11-7-4-8-12-20;1-2/h3-14,23H,15-16H2,1-2H3;1-2H3/q+1;/b17-13+,24-14?;. The Bertz CT molecular complexity index is 806.